The number of amides is 1. The van der Waals surface area contributed by atoms with Crippen LogP contribution in [0.25, 0.3) is 4.96 Å². The van der Waals surface area contributed by atoms with Gasteiger partial charge in [-0.15, -0.1) is 11.3 Å². The first-order valence-electron chi connectivity index (χ1n) is 6.38. The standard InChI is InChI=1S/C14H11N3O3S/c18-13(10-7-21-14-15-3-4-17(10)14)16-6-9-1-2-11-12(5-9)20-8-19-11/h1-5,7H,6,8H2,(H,16,18). The fourth-order valence-electron chi connectivity index (χ4n) is 2.21. The molecule has 0 unspecified atom stereocenters. The van der Waals surface area contributed by atoms with E-state index in [0.717, 1.165) is 16.3 Å². The van der Waals surface area contributed by atoms with E-state index >= 15 is 0 Å². The number of fused-ring (bicyclic) bond motifs is 2. The fraction of sp³-hybridized carbons (Fsp3) is 0.143. The number of hydrogen-bond acceptors (Lipinski definition) is 5. The lowest BCUT2D eigenvalue weighted by Crippen LogP contribution is -2.23. The molecule has 1 N–H and O–H groups in total. The van der Waals surface area contributed by atoms with Crippen molar-refractivity contribution in [3.8, 4) is 11.5 Å². The summed E-state index contributed by atoms with van der Waals surface area (Å²) in [5, 5.41) is 4.70. The zero-order valence-corrected chi connectivity index (χ0v) is 11.7. The maximum atomic E-state index is 12.2. The highest BCUT2D eigenvalue weighted by molar-refractivity contribution is 7.15. The maximum absolute atomic E-state index is 12.2. The molecule has 0 spiro atoms. The number of benzene rings is 1. The third kappa shape index (κ3) is 2.11. The number of imidazole rings is 1. The number of thiazole rings is 1. The highest BCUT2D eigenvalue weighted by Crippen LogP contribution is 2.32. The van der Waals surface area contributed by atoms with E-state index in [2.05, 4.69) is 10.3 Å². The number of ether oxygens (including phenoxy) is 2. The van der Waals surface area contributed by atoms with Crippen LogP contribution in [0.2, 0.25) is 0 Å². The molecule has 106 valence electrons. The molecule has 0 aliphatic carbocycles. The second-order valence-electron chi connectivity index (χ2n) is 4.57. The lowest BCUT2D eigenvalue weighted by atomic mass is 10.2. The van der Waals surface area contributed by atoms with Gasteiger partial charge in [-0.2, -0.15) is 0 Å². The lowest BCUT2D eigenvalue weighted by Gasteiger charge is -2.05. The van der Waals surface area contributed by atoms with Crippen LogP contribution in [-0.4, -0.2) is 22.1 Å². The predicted molar refractivity (Wildman–Crippen MR) is 76.8 cm³/mol. The Morgan fingerprint density at radius 2 is 2.29 bits per heavy atom. The van der Waals surface area contributed by atoms with Crippen molar-refractivity contribution in [3.05, 3.63) is 47.2 Å². The minimum atomic E-state index is -0.128. The molecule has 1 aliphatic rings. The van der Waals surface area contributed by atoms with Crippen LogP contribution in [0, 0.1) is 0 Å². The number of nitrogens with zero attached hydrogens (tertiary/aromatic N) is 2. The largest absolute Gasteiger partial charge is 0.454 e. The molecule has 7 heteroatoms. The molecule has 3 aromatic rings. The second kappa shape index (κ2) is 4.78. The van der Waals surface area contributed by atoms with Gasteiger partial charge in [-0.05, 0) is 17.7 Å². The monoisotopic (exact) mass is 301 g/mol. The summed E-state index contributed by atoms with van der Waals surface area (Å²) in [4.78, 5) is 17.2. The molecule has 1 aliphatic heterocycles. The van der Waals surface area contributed by atoms with Crippen molar-refractivity contribution in [2.24, 2.45) is 0 Å². The summed E-state index contributed by atoms with van der Waals surface area (Å²) < 4.78 is 12.4. The van der Waals surface area contributed by atoms with Gasteiger partial charge in [-0.25, -0.2) is 4.98 Å². The van der Waals surface area contributed by atoms with Crippen molar-refractivity contribution >= 4 is 22.2 Å². The molecule has 0 saturated heterocycles. The Morgan fingerprint density at radius 1 is 1.38 bits per heavy atom. The van der Waals surface area contributed by atoms with Crippen molar-refractivity contribution in [1.82, 2.24) is 14.7 Å². The average Bonchev–Trinajstić information content (AvgIpc) is 3.19. The van der Waals surface area contributed by atoms with Crippen LogP contribution in [0.1, 0.15) is 16.1 Å². The van der Waals surface area contributed by atoms with E-state index < -0.39 is 0 Å². The molecule has 4 rings (SSSR count). The number of carbonyl (C=O) groups excluding carboxylic acids is 1. The molecule has 2 aromatic heterocycles. The molecule has 3 heterocycles. The molecule has 0 bridgehead atoms. The molecule has 6 nitrogen and oxygen atoms in total. The van der Waals surface area contributed by atoms with E-state index in [9.17, 15) is 4.79 Å². The molecule has 0 saturated carbocycles. The Bertz CT molecular complexity index is 824. The topological polar surface area (TPSA) is 64.9 Å². The van der Waals surface area contributed by atoms with E-state index in [0.29, 0.717) is 18.0 Å². The highest BCUT2D eigenvalue weighted by Gasteiger charge is 2.15. The zero-order valence-electron chi connectivity index (χ0n) is 10.9. The second-order valence-corrected chi connectivity index (χ2v) is 5.41. The number of hydrogen-bond donors (Lipinski definition) is 1. The van der Waals surface area contributed by atoms with E-state index in [1.807, 2.05) is 18.2 Å². The molecule has 1 aromatic carbocycles. The Labute approximate surface area is 123 Å². The summed E-state index contributed by atoms with van der Waals surface area (Å²) in [5.41, 5.74) is 1.55. The quantitative estimate of drug-likeness (QED) is 0.804. The number of carbonyl (C=O) groups is 1. The minimum absolute atomic E-state index is 0.128. The zero-order chi connectivity index (χ0) is 14.2. The van der Waals surface area contributed by atoms with Crippen LogP contribution >= 0.6 is 11.3 Å². The van der Waals surface area contributed by atoms with Crippen molar-refractivity contribution in [3.63, 3.8) is 0 Å². The van der Waals surface area contributed by atoms with Crippen molar-refractivity contribution in [1.29, 1.82) is 0 Å². The van der Waals surface area contributed by atoms with Crippen LogP contribution in [0.15, 0.2) is 36.0 Å². The molecule has 21 heavy (non-hydrogen) atoms. The van der Waals surface area contributed by atoms with Crippen LogP contribution in [0.4, 0.5) is 0 Å². The Kier molecular flexibility index (Phi) is 2.78. The van der Waals surface area contributed by atoms with Gasteiger partial charge in [0.1, 0.15) is 5.69 Å². The Balaban J connectivity index is 1.49. The Morgan fingerprint density at radius 3 is 3.24 bits per heavy atom. The summed E-state index contributed by atoms with van der Waals surface area (Å²) in [5.74, 6) is 1.33. The van der Waals surface area contributed by atoms with Gasteiger partial charge in [0.05, 0.1) is 0 Å². The number of nitrogens with one attached hydrogen (secondary N) is 1. The predicted octanol–water partition coefficient (Wildman–Crippen LogP) is 2.05. The number of rotatable bonds is 3. The van der Waals surface area contributed by atoms with Crippen LogP contribution in [-0.2, 0) is 6.54 Å². The fourth-order valence-corrected chi connectivity index (χ4v) is 3.04. The molecular formula is C14H11N3O3S. The summed E-state index contributed by atoms with van der Waals surface area (Å²) in [7, 11) is 0. The molecule has 0 radical (unpaired) electrons. The van der Waals surface area contributed by atoms with Gasteiger partial charge in [-0.1, -0.05) is 6.07 Å². The van der Waals surface area contributed by atoms with Gasteiger partial charge in [0, 0.05) is 24.3 Å². The van der Waals surface area contributed by atoms with Crippen molar-refractivity contribution in [2.75, 3.05) is 6.79 Å². The van der Waals surface area contributed by atoms with Gasteiger partial charge in [0.25, 0.3) is 5.91 Å². The SMILES string of the molecule is O=C(NCc1ccc2c(c1)OCO2)c1csc2nccn12. The van der Waals surface area contributed by atoms with Crippen LogP contribution in [0.5, 0.6) is 11.5 Å². The van der Waals surface area contributed by atoms with E-state index in [1.54, 1.807) is 22.2 Å². The number of aromatic nitrogens is 2. The van der Waals surface area contributed by atoms with E-state index in [-0.39, 0.29) is 12.7 Å². The summed E-state index contributed by atoms with van der Waals surface area (Å²) in [6, 6.07) is 5.64. The first kappa shape index (κ1) is 12.2. The van der Waals surface area contributed by atoms with Gasteiger partial charge < -0.3 is 14.8 Å². The van der Waals surface area contributed by atoms with Gasteiger partial charge in [0.2, 0.25) is 6.79 Å². The third-order valence-electron chi connectivity index (χ3n) is 3.26. The van der Waals surface area contributed by atoms with Gasteiger partial charge in [-0.3, -0.25) is 9.20 Å². The first-order valence-corrected chi connectivity index (χ1v) is 7.26. The third-order valence-corrected chi connectivity index (χ3v) is 4.12. The first-order chi connectivity index (χ1) is 10.3. The summed E-state index contributed by atoms with van der Waals surface area (Å²) >= 11 is 1.44. The Hall–Kier alpha value is -2.54. The molecule has 0 atom stereocenters. The van der Waals surface area contributed by atoms with Crippen molar-refractivity contribution in [2.45, 2.75) is 6.54 Å². The van der Waals surface area contributed by atoms with Crippen LogP contribution in [0.3, 0.4) is 0 Å². The van der Waals surface area contributed by atoms with Gasteiger partial charge in [0.15, 0.2) is 16.5 Å². The molecule has 0 fully saturated rings. The lowest BCUT2D eigenvalue weighted by molar-refractivity contribution is 0.0945. The highest BCUT2D eigenvalue weighted by atomic mass is 32.1. The molecular weight excluding hydrogens is 290 g/mol. The molecule has 1 amide bonds. The summed E-state index contributed by atoms with van der Waals surface area (Å²) in [6.45, 7) is 0.681. The smallest absolute Gasteiger partial charge is 0.269 e. The van der Waals surface area contributed by atoms with Crippen LogP contribution < -0.4 is 14.8 Å². The van der Waals surface area contributed by atoms with E-state index in [1.165, 1.54) is 11.3 Å². The average molecular weight is 301 g/mol. The van der Waals surface area contributed by atoms with Gasteiger partial charge >= 0.3 is 0 Å². The van der Waals surface area contributed by atoms with Crippen molar-refractivity contribution < 1.29 is 14.3 Å². The summed E-state index contributed by atoms with van der Waals surface area (Å²) in [6.07, 6.45) is 3.46. The minimum Gasteiger partial charge on any atom is -0.454 e. The maximum Gasteiger partial charge on any atom is 0.269 e. The van der Waals surface area contributed by atoms with E-state index in [4.69, 9.17) is 9.47 Å². The normalized spacial score (nSPS) is 12.8.